The largest absolute Gasteiger partial charge is 0.378 e. The van der Waals surface area contributed by atoms with Gasteiger partial charge in [0.05, 0.1) is 37.8 Å². The summed E-state index contributed by atoms with van der Waals surface area (Å²) in [6, 6.07) is 17.5. The van der Waals surface area contributed by atoms with Crippen molar-refractivity contribution in [3.05, 3.63) is 60.4 Å². The Morgan fingerprint density at radius 1 is 0.844 bits per heavy atom. The monoisotopic (exact) mass is 434 g/mol. The minimum absolute atomic E-state index is 0.175. The van der Waals surface area contributed by atoms with E-state index in [1.165, 1.54) is 0 Å². The second-order valence-corrected chi connectivity index (χ2v) is 7.80. The van der Waals surface area contributed by atoms with Gasteiger partial charge in [0.1, 0.15) is 5.69 Å². The average Bonchev–Trinajstić information content (AvgIpc) is 3.37. The molecule has 0 bridgehead atoms. The van der Waals surface area contributed by atoms with E-state index in [4.69, 9.17) is 14.0 Å². The predicted molar refractivity (Wildman–Crippen MR) is 122 cm³/mol. The number of nitrogens with zero attached hydrogens (tertiary/aromatic N) is 3. The minimum atomic E-state index is -0.326. The van der Waals surface area contributed by atoms with Crippen LogP contribution in [0.15, 0.2) is 59.1 Å². The van der Waals surface area contributed by atoms with Crippen LogP contribution in [-0.4, -0.2) is 63.7 Å². The molecule has 2 aromatic carbocycles. The van der Waals surface area contributed by atoms with Crippen LogP contribution >= 0.6 is 0 Å². The van der Waals surface area contributed by atoms with Gasteiger partial charge in [-0.3, -0.25) is 4.79 Å². The first-order valence-electron chi connectivity index (χ1n) is 10.9. The fourth-order valence-corrected chi connectivity index (χ4v) is 4.02. The van der Waals surface area contributed by atoms with Gasteiger partial charge in [-0.05, 0) is 18.2 Å². The van der Waals surface area contributed by atoms with Crippen LogP contribution in [0, 0.1) is 0 Å². The summed E-state index contributed by atoms with van der Waals surface area (Å²) in [6.45, 7) is 6.03. The normalized spacial score (nSPS) is 16.8. The molecule has 0 atom stereocenters. The maximum absolute atomic E-state index is 13.0. The zero-order chi connectivity index (χ0) is 21.8. The Bertz CT molecular complexity index is 1060. The fourth-order valence-electron chi connectivity index (χ4n) is 4.02. The number of nitrogens with one attached hydrogen (secondary N) is 1. The van der Waals surface area contributed by atoms with Crippen LogP contribution in [-0.2, 0) is 9.47 Å². The summed E-state index contributed by atoms with van der Waals surface area (Å²) in [5.74, 6) is -0.151. The third-order valence-corrected chi connectivity index (χ3v) is 5.76. The lowest BCUT2D eigenvalue weighted by Gasteiger charge is -2.33. The summed E-state index contributed by atoms with van der Waals surface area (Å²) in [5, 5.41) is 7.08. The lowest BCUT2D eigenvalue weighted by atomic mass is 10.1. The van der Waals surface area contributed by atoms with Crippen LogP contribution in [0.25, 0.3) is 11.3 Å². The molecule has 0 aliphatic carbocycles. The molecule has 1 amide bonds. The maximum atomic E-state index is 13.0. The standard InChI is InChI=1S/C24H26N4O4/c29-24(23-17-21(26-32-23)18-4-2-1-3-5-18)25-20-7-6-19(27-8-12-30-13-9-27)16-22(20)28-10-14-31-15-11-28/h1-7,16-17H,8-15H2,(H,25,29). The number of carbonyl (C=O) groups is 1. The number of ether oxygens (including phenoxy) is 2. The van der Waals surface area contributed by atoms with E-state index in [-0.39, 0.29) is 11.7 Å². The zero-order valence-electron chi connectivity index (χ0n) is 17.8. The van der Waals surface area contributed by atoms with Gasteiger partial charge in [0, 0.05) is 43.5 Å². The van der Waals surface area contributed by atoms with Crippen molar-refractivity contribution in [1.82, 2.24) is 5.16 Å². The van der Waals surface area contributed by atoms with E-state index in [1.807, 2.05) is 42.5 Å². The van der Waals surface area contributed by atoms with Crippen LogP contribution in [0.3, 0.4) is 0 Å². The number of aromatic nitrogens is 1. The molecule has 2 saturated heterocycles. The Labute approximate surface area is 186 Å². The number of hydrogen-bond acceptors (Lipinski definition) is 7. The van der Waals surface area contributed by atoms with Crippen LogP contribution < -0.4 is 15.1 Å². The Kier molecular flexibility index (Phi) is 6.04. The number of carbonyl (C=O) groups excluding carboxylic acids is 1. The van der Waals surface area contributed by atoms with Crippen LogP contribution in [0.1, 0.15) is 10.6 Å². The Morgan fingerprint density at radius 3 is 2.25 bits per heavy atom. The molecule has 0 unspecified atom stereocenters. The number of morpholine rings is 2. The van der Waals surface area contributed by atoms with E-state index in [9.17, 15) is 4.79 Å². The zero-order valence-corrected chi connectivity index (χ0v) is 17.8. The van der Waals surface area contributed by atoms with E-state index in [0.29, 0.717) is 18.9 Å². The van der Waals surface area contributed by atoms with Crippen molar-refractivity contribution in [3.63, 3.8) is 0 Å². The molecule has 0 saturated carbocycles. The molecule has 1 aromatic heterocycles. The molecule has 3 aromatic rings. The maximum Gasteiger partial charge on any atom is 0.294 e. The molecule has 3 heterocycles. The Balaban J connectivity index is 1.39. The average molecular weight is 434 g/mol. The number of amides is 1. The van der Waals surface area contributed by atoms with E-state index < -0.39 is 0 Å². The minimum Gasteiger partial charge on any atom is -0.378 e. The van der Waals surface area contributed by atoms with E-state index in [0.717, 1.165) is 62.0 Å². The molecule has 2 aliphatic heterocycles. The number of hydrogen-bond donors (Lipinski definition) is 1. The predicted octanol–water partition coefficient (Wildman–Crippen LogP) is 3.27. The topological polar surface area (TPSA) is 80.1 Å². The van der Waals surface area contributed by atoms with Crippen LogP contribution in [0.4, 0.5) is 17.1 Å². The van der Waals surface area contributed by atoms with E-state index in [2.05, 4.69) is 26.3 Å². The van der Waals surface area contributed by atoms with Crippen LogP contribution in [0.5, 0.6) is 0 Å². The number of rotatable bonds is 5. The van der Waals surface area contributed by atoms with Crippen LogP contribution in [0.2, 0.25) is 0 Å². The molecule has 2 aliphatic rings. The number of benzene rings is 2. The Hall–Kier alpha value is -3.36. The fraction of sp³-hybridized carbons (Fsp3) is 0.333. The van der Waals surface area contributed by atoms with Crippen molar-refractivity contribution in [2.24, 2.45) is 0 Å². The van der Waals surface area contributed by atoms with Crippen molar-refractivity contribution in [2.45, 2.75) is 0 Å². The van der Waals surface area contributed by atoms with Crippen molar-refractivity contribution in [1.29, 1.82) is 0 Å². The molecule has 5 rings (SSSR count). The second-order valence-electron chi connectivity index (χ2n) is 7.80. The molecule has 0 spiro atoms. The van der Waals surface area contributed by atoms with Gasteiger partial charge in [0.15, 0.2) is 0 Å². The highest BCUT2D eigenvalue weighted by Crippen LogP contribution is 2.32. The highest BCUT2D eigenvalue weighted by molar-refractivity contribution is 6.04. The number of anilines is 3. The molecule has 2 fully saturated rings. The first kappa shape index (κ1) is 20.5. The lowest BCUT2D eigenvalue weighted by Crippen LogP contribution is -2.38. The summed E-state index contributed by atoms with van der Waals surface area (Å²) in [5.41, 5.74) is 4.38. The first-order chi connectivity index (χ1) is 15.8. The van der Waals surface area contributed by atoms with E-state index >= 15 is 0 Å². The highest BCUT2D eigenvalue weighted by atomic mass is 16.5. The van der Waals surface area contributed by atoms with Crippen molar-refractivity contribution in [3.8, 4) is 11.3 Å². The second kappa shape index (κ2) is 9.42. The van der Waals surface area contributed by atoms with Gasteiger partial charge in [-0.15, -0.1) is 0 Å². The van der Waals surface area contributed by atoms with Crippen molar-refractivity contribution in [2.75, 3.05) is 67.7 Å². The van der Waals surface area contributed by atoms with Gasteiger partial charge in [0.2, 0.25) is 5.76 Å². The molecule has 0 radical (unpaired) electrons. The van der Waals surface area contributed by atoms with Gasteiger partial charge in [-0.2, -0.15) is 0 Å². The molecule has 166 valence electrons. The molecule has 32 heavy (non-hydrogen) atoms. The first-order valence-corrected chi connectivity index (χ1v) is 10.9. The highest BCUT2D eigenvalue weighted by Gasteiger charge is 2.21. The quantitative estimate of drug-likeness (QED) is 0.660. The molecule has 8 nitrogen and oxygen atoms in total. The SMILES string of the molecule is O=C(Nc1ccc(N2CCOCC2)cc1N1CCOCC1)c1cc(-c2ccccc2)no1. The Morgan fingerprint density at radius 2 is 1.53 bits per heavy atom. The van der Waals surface area contributed by atoms with Crippen molar-refractivity contribution < 1.29 is 18.8 Å². The van der Waals surface area contributed by atoms with Crippen molar-refractivity contribution >= 4 is 23.0 Å². The summed E-state index contributed by atoms with van der Waals surface area (Å²) in [6.07, 6.45) is 0. The summed E-state index contributed by atoms with van der Waals surface area (Å²) in [4.78, 5) is 17.5. The van der Waals surface area contributed by atoms with Gasteiger partial charge >= 0.3 is 0 Å². The van der Waals surface area contributed by atoms with E-state index in [1.54, 1.807) is 6.07 Å². The summed E-state index contributed by atoms with van der Waals surface area (Å²) < 4.78 is 16.3. The molecule has 8 heteroatoms. The van der Waals surface area contributed by atoms with Gasteiger partial charge in [0.25, 0.3) is 5.91 Å². The third-order valence-electron chi connectivity index (χ3n) is 5.76. The van der Waals surface area contributed by atoms with Gasteiger partial charge in [-0.1, -0.05) is 35.5 Å². The lowest BCUT2D eigenvalue weighted by molar-refractivity contribution is 0.0988. The summed E-state index contributed by atoms with van der Waals surface area (Å²) >= 11 is 0. The summed E-state index contributed by atoms with van der Waals surface area (Å²) in [7, 11) is 0. The smallest absolute Gasteiger partial charge is 0.294 e. The third kappa shape index (κ3) is 4.46. The molecule has 1 N–H and O–H groups in total. The van der Waals surface area contributed by atoms with Gasteiger partial charge < -0.3 is 29.1 Å². The molecular formula is C24H26N4O4. The van der Waals surface area contributed by atoms with Gasteiger partial charge in [-0.25, -0.2) is 0 Å². The molecular weight excluding hydrogens is 408 g/mol.